The molecule has 1 aromatic heterocycles. The molecule has 0 aromatic carbocycles. The number of aromatic nitrogens is 1. The maximum absolute atomic E-state index is 11.7. The molecule has 0 fully saturated rings. The summed E-state index contributed by atoms with van der Waals surface area (Å²) in [7, 11) is -3.46. The van der Waals surface area contributed by atoms with Gasteiger partial charge in [0.2, 0.25) is 0 Å². The van der Waals surface area contributed by atoms with Crippen LogP contribution in [-0.4, -0.2) is 19.2 Å². The van der Waals surface area contributed by atoms with Gasteiger partial charge in [-0.25, -0.2) is 13.4 Å². The number of nitrogens with two attached hydrogens (primary N) is 1. The second kappa shape index (κ2) is 4.28. The molecule has 0 saturated heterocycles. The monoisotopic (exact) mass is 225 g/mol. The van der Waals surface area contributed by atoms with E-state index in [9.17, 15) is 8.42 Å². The van der Waals surface area contributed by atoms with E-state index in [1.54, 1.807) is 6.92 Å². The number of nitriles is 1. The summed E-state index contributed by atoms with van der Waals surface area (Å²) in [5.74, 6) is -0.0148. The molecular formula is C9H11N3O2S. The molecule has 0 aliphatic carbocycles. The Bertz CT molecular complexity index is 503. The van der Waals surface area contributed by atoms with E-state index in [0.29, 0.717) is 6.42 Å². The van der Waals surface area contributed by atoms with Crippen LogP contribution in [0.2, 0.25) is 0 Å². The molecule has 0 radical (unpaired) electrons. The highest BCUT2D eigenvalue weighted by molar-refractivity contribution is 7.91. The lowest BCUT2D eigenvalue weighted by molar-refractivity contribution is 0.591. The maximum Gasteiger partial charge on any atom is 0.197 e. The summed E-state index contributed by atoms with van der Waals surface area (Å²) in [6.45, 7) is 1.75. The van der Waals surface area contributed by atoms with Gasteiger partial charge in [0.25, 0.3) is 0 Å². The van der Waals surface area contributed by atoms with E-state index in [4.69, 9.17) is 11.0 Å². The second-order valence-corrected chi connectivity index (χ2v) is 5.03. The Hall–Kier alpha value is -1.61. The van der Waals surface area contributed by atoms with Gasteiger partial charge in [-0.1, -0.05) is 6.92 Å². The first kappa shape index (κ1) is 11.5. The molecule has 0 bridgehead atoms. The van der Waals surface area contributed by atoms with Crippen LogP contribution in [-0.2, 0) is 9.84 Å². The average molecular weight is 225 g/mol. The van der Waals surface area contributed by atoms with Crippen molar-refractivity contribution in [1.29, 1.82) is 5.26 Å². The van der Waals surface area contributed by atoms with Gasteiger partial charge in [-0.2, -0.15) is 5.26 Å². The van der Waals surface area contributed by atoms with Gasteiger partial charge in [0.15, 0.2) is 14.9 Å². The zero-order chi connectivity index (χ0) is 11.5. The molecule has 0 atom stereocenters. The lowest BCUT2D eigenvalue weighted by Crippen LogP contribution is -2.11. The molecule has 0 amide bonds. The third-order valence-corrected chi connectivity index (χ3v) is 3.70. The van der Waals surface area contributed by atoms with Crippen LogP contribution in [0, 0.1) is 11.3 Å². The molecule has 0 spiro atoms. The predicted octanol–water partition coefficient (Wildman–Crippen LogP) is 0.719. The number of pyridine rings is 1. The fourth-order valence-electron chi connectivity index (χ4n) is 1.16. The maximum atomic E-state index is 11.7. The highest BCUT2D eigenvalue weighted by Crippen LogP contribution is 2.20. The van der Waals surface area contributed by atoms with Crippen LogP contribution in [0.1, 0.15) is 18.9 Å². The quantitative estimate of drug-likeness (QED) is 0.817. The van der Waals surface area contributed by atoms with Crippen LogP contribution in [0.25, 0.3) is 0 Å². The zero-order valence-corrected chi connectivity index (χ0v) is 9.08. The number of nitrogens with zero attached hydrogens (tertiary/aromatic N) is 2. The van der Waals surface area contributed by atoms with Gasteiger partial charge in [0.05, 0.1) is 17.0 Å². The van der Waals surface area contributed by atoms with Crippen LogP contribution in [0.4, 0.5) is 5.69 Å². The third-order valence-electron chi connectivity index (χ3n) is 1.84. The molecule has 80 valence electrons. The molecule has 0 aliphatic rings. The predicted molar refractivity (Wildman–Crippen MR) is 55.7 cm³/mol. The molecular weight excluding hydrogens is 214 g/mol. The molecule has 1 heterocycles. The second-order valence-electron chi connectivity index (χ2n) is 3.01. The first-order valence-corrected chi connectivity index (χ1v) is 6.05. The first-order chi connectivity index (χ1) is 7.03. The Morgan fingerprint density at radius 2 is 2.27 bits per heavy atom. The molecule has 0 aliphatic heterocycles. The fourth-order valence-corrected chi connectivity index (χ4v) is 2.56. The molecule has 1 rings (SSSR count). The fraction of sp³-hybridized carbons (Fsp3) is 0.333. The van der Waals surface area contributed by atoms with Gasteiger partial charge >= 0.3 is 0 Å². The number of hydrogen-bond donors (Lipinski definition) is 1. The number of nitrogen functional groups attached to an aromatic ring is 1. The van der Waals surface area contributed by atoms with E-state index in [-0.39, 0.29) is 22.0 Å². The van der Waals surface area contributed by atoms with Crippen molar-refractivity contribution in [2.24, 2.45) is 0 Å². The minimum atomic E-state index is -3.46. The van der Waals surface area contributed by atoms with Crippen molar-refractivity contribution < 1.29 is 8.42 Å². The SMILES string of the molecule is CCCS(=O)(=O)c1nccc(C#N)c1N. The summed E-state index contributed by atoms with van der Waals surface area (Å²) in [6, 6.07) is 3.21. The Morgan fingerprint density at radius 1 is 1.60 bits per heavy atom. The zero-order valence-electron chi connectivity index (χ0n) is 8.27. The lowest BCUT2D eigenvalue weighted by atomic mass is 10.2. The largest absolute Gasteiger partial charge is 0.395 e. The van der Waals surface area contributed by atoms with Crippen molar-refractivity contribution in [3.05, 3.63) is 17.8 Å². The minimum Gasteiger partial charge on any atom is -0.395 e. The van der Waals surface area contributed by atoms with Crippen molar-refractivity contribution in [3.63, 3.8) is 0 Å². The first-order valence-electron chi connectivity index (χ1n) is 4.40. The molecule has 2 N–H and O–H groups in total. The molecule has 1 aromatic rings. The molecule has 0 saturated carbocycles. The normalized spacial score (nSPS) is 10.9. The summed E-state index contributed by atoms with van der Waals surface area (Å²) in [5.41, 5.74) is 5.62. The number of anilines is 1. The Labute approximate surface area is 88.5 Å². The lowest BCUT2D eigenvalue weighted by Gasteiger charge is -2.05. The topological polar surface area (TPSA) is 96.8 Å². The van der Waals surface area contributed by atoms with Crippen LogP contribution >= 0.6 is 0 Å². The Balaban J connectivity index is 3.35. The van der Waals surface area contributed by atoms with E-state index in [1.165, 1.54) is 12.3 Å². The van der Waals surface area contributed by atoms with Crippen LogP contribution in [0.5, 0.6) is 0 Å². The Morgan fingerprint density at radius 3 is 2.80 bits per heavy atom. The summed E-state index contributed by atoms with van der Waals surface area (Å²) in [4.78, 5) is 3.71. The minimum absolute atomic E-state index is 0.0148. The summed E-state index contributed by atoms with van der Waals surface area (Å²) in [5, 5.41) is 8.49. The molecule has 5 nitrogen and oxygen atoms in total. The van der Waals surface area contributed by atoms with E-state index in [1.807, 2.05) is 6.07 Å². The third kappa shape index (κ3) is 2.25. The van der Waals surface area contributed by atoms with Crippen molar-refractivity contribution in [3.8, 4) is 6.07 Å². The van der Waals surface area contributed by atoms with Crippen molar-refractivity contribution in [2.75, 3.05) is 11.5 Å². The standard InChI is InChI=1S/C9H11N3O2S/c1-2-5-15(13,14)9-8(11)7(6-10)3-4-12-9/h3-4H,2,5,11H2,1H3. The summed E-state index contributed by atoms with van der Waals surface area (Å²) < 4.78 is 23.3. The van der Waals surface area contributed by atoms with E-state index in [0.717, 1.165) is 0 Å². The average Bonchev–Trinajstić information content (AvgIpc) is 2.17. The highest BCUT2D eigenvalue weighted by atomic mass is 32.2. The smallest absolute Gasteiger partial charge is 0.197 e. The van der Waals surface area contributed by atoms with Crippen molar-refractivity contribution in [1.82, 2.24) is 4.98 Å². The van der Waals surface area contributed by atoms with Crippen molar-refractivity contribution >= 4 is 15.5 Å². The highest BCUT2D eigenvalue weighted by Gasteiger charge is 2.19. The van der Waals surface area contributed by atoms with Gasteiger partial charge in [0.1, 0.15) is 6.07 Å². The van der Waals surface area contributed by atoms with E-state index >= 15 is 0 Å². The molecule has 0 unspecified atom stereocenters. The van der Waals surface area contributed by atoms with Crippen LogP contribution in [0.3, 0.4) is 0 Å². The summed E-state index contributed by atoms with van der Waals surface area (Å²) >= 11 is 0. The van der Waals surface area contributed by atoms with Gasteiger partial charge in [-0.15, -0.1) is 0 Å². The van der Waals surface area contributed by atoms with Gasteiger partial charge < -0.3 is 5.73 Å². The summed E-state index contributed by atoms with van der Waals surface area (Å²) in [6.07, 6.45) is 1.76. The van der Waals surface area contributed by atoms with E-state index in [2.05, 4.69) is 4.98 Å². The number of sulfone groups is 1. The number of rotatable bonds is 3. The number of hydrogen-bond acceptors (Lipinski definition) is 5. The van der Waals surface area contributed by atoms with Gasteiger partial charge in [0, 0.05) is 6.20 Å². The van der Waals surface area contributed by atoms with Crippen molar-refractivity contribution in [2.45, 2.75) is 18.4 Å². The van der Waals surface area contributed by atoms with Gasteiger partial charge in [-0.05, 0) is 12.5 Å². The molecule has 6 heteroatoms. The van der Waals surface area contributed by atoms with E-state index < -0.39 is 9.84 Å². The Kier molecular flexibility index (Phi) is 3.27. The van der Waals surface area contributed by atoms with Crippen LogP contribution in [0.15, 0.2) is 17.3 Å². The van der Waals surface area contributed by atoms with Crippen LogP contribution < -0.4 is 5.73 Å². The van der Waals surface area contributed by atoms with Gasteiger partial charge in [-0.3, -0.25) is 0 Å². The molecule has 15 heavy (non-hydrogen) atoms.